The number of nitrogens with zero attached hydrogens (tertiary/aromatic N) is 3. The van der Waals surface area contributed by atoms with Crippen molar-refractivity contribution in [3.05, 3.63) is 9.98 Å². The number of thiazole rings is 1. The second kappa shape index (κ2) is 6.45. The van der Waals surface area contributed by atoms with Crippen LogP contribution in [0.15, 0.2) is 9.98 Å². The van der Waals surface area contributed by atoms with Crippen molar-refractivity contribution in [2.24, 2.45) is 0 Å². The SMILES string of the molecule is CCCN(CCN(C)C)c1nc(Br)cs1. The molecule has 0 N–H and O–H groups in total. The molecule has 0 unspecified atom stereocenters. The molecule has 1 rings (SSSR count). The summed E-state index contributed by atoms with van der Waals surface area (Å²) in [5.41, 5.74) is 0. The maximum atomic E-state index is 4.45. The Labute approximate surface area is 104 Å². The molecule has 0 atom stereocenters. The molecular weight excluding hydrogens is 274 g/mol. The highest BCUT2D eigenvalue weighted by Gasteiger charge is 2.09. The zero-order chi connectivity index (χ0) is 11.3. The molecule has 0 saturated heterocycles. The summed E-state index contributed by atoms with van der Waals surface area (Å²) in [7, 11) is 4.20. The fraction of sp³-hybridized carbons (Fsp3) is 0.700. The summed E-state index contributed by atoms with van der Waals surface area (Å²) in [6.07, 6.45) is 1.16. The van der Waals surface area contributed by atoms with E-state index in [1.807, 2.05) is 5.38 Å². The number of aromatic nitrogens is 1. The van der Waals surface area contributed by atoms with E-state index in [9.17, 15) is 0 Å². The summed E-state index contributed by atoms with van der Waals surface area (Å²) < 4.78 is 0.938. The molecule has 3 nitrogen and oxygen atoms in total. The van der Waals surface area contributed by atoms with Crippen molar-refractivity contribution in [1.82, 2.24) is 9.88 Å². The Morgan fingerprint density at radius 1 is 1.33 bits per heavy atom. The van der Waals surface area contributed by atoms with Crippen LogP contribution in [-0.2, 0) is 0 Å². The maximum absolute atomic E-state index is 4.45. The number of hydrogen-bond acceptors (Lipinski definition) is 4. The van der Waals surface area contributed by atoms with Crippen LogP contribution in [0.1, 0.15) is 13.3 Å². The first kappa shape index (κ1) is 12.9. The Kier molecular flexibility index (Phi) is 5.56. The number of rotatable bonds is 6. The first-order chi connectivity index (χ1) is 7.13. The predicted octanol–water partition coefficient (Wildman–Crippen LogP) is 2.68. The molecule has 0 aliphatic heterocycles. The van der Waals surface area contributed by atoms with Crippen LogP contribution in [0.5, 0.6) is 0 Å². The van der Waals surface area contributed by atoms with Crippen LogP contribution in [0.3, 0.4) is 0 Å². The summed E-state index contributed by atoms with van der Waals surface area (Å²) in [4.78, 5) is 8.99. The number of likely N-dealkylation sites (N-methyl/N-ethyl adjacent to an activating group) is 1. The number of halogens is 1. The highest BCUT2D eigenvalue weighted by molar-refractivity contribution is 9.10. The lowest BCUT2D eigenvalue weighted by molar-refractivity contribution is 0.413. The van der Waals surface area contributed by atoms with Gasteiger partial charge in [0.1, 0.15) is 4.60 Å². The van der Waals surface area contributed by atoms with Crippen molar-refractivity contribution in [3.63, 3.8) is 0 Å². The molecule has 5 heteroatoms. The standard InChI is InChI=1S/C10H18BrN3S/c1-4-5-14(7-6-13(2)3)10-12-9(11)8-15-10/h8H,4-7H2,1-3H3. The summed E-state index contributed by atoms with van der Waals surface area (Å²) in [5, 5.41) is 3.15. The molecule has 1 aromatic heterocycles. The highest BCUT2D eigenvalue weighted by atomic mass is 79.9. The third-order valence-electron chi connectivity index (χ3n) is 2.05. The minimum absolute atomic E-state index is 0.938. The van der Waals surface area contributed by atoms with Gasteiger partial charge in [-0.05, 0) is 36.4 Å². The minimum atomic E-state index is 0.938. The van der Waals surface area contributed by atoms with Gasteiger partial charge in [-0.15, -0.1) is 11.3 Å². The Balaban J connectivity index is 2.57. The second-order valence-electron chi connectivity index (χ2n) is 3.74. The zero-order valence-electron chi connectivity index (χ0n) is 9.53. The Morgan fingerprint density at radius 3 is 2.53 bits per heavy atom. The lowest BCUT2D eigenvalue weighted by atomic mass is 10.4. The molecule has 86 valence electrons. The van der Waals surface area contributed by atoms with Crippen molar-refractivity contribution < 1.29 is 0 Å². The van der Waals surface area contributed by atoms with E-state index < -0.39 is 0 Å². The molecule has 15 heavy (non-hydrogen) atoms. The van der Waals surface area contributed by atoms with E-state index in [0.29, 0.717) is 0 Å². The second-order valence-corrected chi connectivity index (χ2v) is 5.39. The first-order valence-corrected chi connectivity index (χ1v) is 6.81. The van der Waals surface area contributed by atoms with Gasteiger partial charge in [-0.1, -0.05) is 6.92 Å². The van der Waals surface area contributed by atoms with Crippen molar-refractivity contribution >= 4 is 32.4 Å². The molecule has 0 bridgehead atoms. The molecule has 0 spiro atoms. The number of anilines is 1. The van der Waals surface area contributed by atoms with Gasteiger partial charge in [0.25, 0.3) is 0 Å². The lowest BCUT2D eigenvalue weighted by Crippen LogP contribution is -2.32. The van der Waals surface area contributed by atoms with E-state index in [-0.39, 0.29) is 0 Å². The van der Waals surface area contributed by atoms with Gasteiger partial charge >= 0.3 is 0 Å². The van der Waals surface area contributed by atoms with Crippen LogP contribution >= 0.6 is 27.3 Å². The smallest absolute Gasteiger partial charge is 0.186 e. The zero-order valence-corrected chi connectivity index (χ0v) is 11.9. The molecule has 0 amide bonds. The average molecular weight is 292 g/mol. The highest BCUT2D eigenvalue weighted by Crippen LogP contribution is 2.23. The van der Waals surface area contributed by atoms with Crippen molar-refractivity contribution in [2.75, 3.05) is 38.6 Å². The lowest BCUT2D eigenvalue weighted by Gasteiger charge is -2.22. The van der Waals surface area contributed by atoms with Crippen LogP contribution in [-0.4, -0.2) is 43.6 Å². The molecule has 0 aliphatic rings. The van der Waals surface area contributed by atoms with Crippen LogP contribution in [0.2, 0.25) is 0 Å². The monoisotopic (exact) mass is 291 g/mol. The molecule has 1 heterocycles. The molecule has 0 aromatic carbocycles. The fourth-order valence-corrected chi connectivity index (χ4v) is 2.59. The van der Waals surface area contributed by atoms with Gasteiger partial charge in [0.15, 0.2) is 5.13 Å². The molecule has 0 fully saturated rings. The Bertz CT molecular complexity index is 288. The van der Waals surface area contributed by atoms with Gasteiger partial charge in [-0.2, -0.15) is 0 Å². The number of hydrogen-bond donors (Lipinski definition) is 0. The fourth-order valence-electron chi connectivity index (χ4n) is 1.28. The Morgan fingerprint density at radius 2 is 2.07 bits per heavy atom. The van der Waals surface area contributed by atoms with Gasteiger partial charge in [0.05, 0.1) is 0 Å². The van der Waals surface area contributed by atoms with Crippen molar-refractivity contribution in [1.29, 1.82) is 0 Å². The average Bonchev–Trinajstić information content (AvgIpc) is 2.59. The minimum Gasteiger partial charge on any atom is -0.347 e. The Hall–Kier alpha value is -0.130. The van der Waals surface area contributed by atoms with Gasteiger partial charge < -0.3 is 9.80 Å². The van der Waals surface area contributed by atoms with Gasteiger partial charge in [0.2, 0.25) is 0 Å². The quantitative estimate of drug-likeness (QED) is 0.803. The first-order valence-electron chi connectivity index (χ1n) is 5.14. The van der Waals surface area contributed by atoms with Crippen LogP contribution in [0.25, 0.3) is 0 Å². The summed E-state index contributed by atoms with van der Waals surface area (Å²) in [5.74, 6) is 0. The summed E-state index contributed by atoms with van der Waals surface area (Å²) >= 11 is 5.09. The van der Waals surface area contributed by atoms with Crippen molar-refractivity contribution in [2.45, 2.75) is 13.3 Å². The van der Waals surface area contributed by atoms with E-state index in [0.717, 1.165) is 35.8 Å². The third kappa shape index (κ3) is 4.49. The maximum Gasteiger partial charge on any atom is 0.186 e. The van der Waals surface area contributed by atoms with Crippen LogP contribution in [0, 0.1) is 0 Å². The van der Waals surface area contributed by atoms with E-state index in [1.54, 1.807) is 11.3 Å². The van der Waals surface area contributed by atoms with E-state index in [1.165, 1.54) is 0 Å². The van der Waals surface area contributed by atoms with E-state index in [4.69, 9.17) is 0 Å². The van der Waals surface area contributed by atoms with Gasteiger partial charge in [0, 0.05) is 25.0 Å². The van der Waals surface area contributed by atoms with Gasteiger partial charge in [-0.25, -0.2) is 4.98 Å². The topological polar surface area (TPSA) is 19.4 Å². The summed E-state index contributed by atoms with van der Waals surface area (Å²) in [6.45, 7) is 5.39. The molecular formula is C10H18BrN3S. The predicted molar refractivity (Wildman–Crippen MR) is 70.9 cm³/mol. The third-order valence-corrected chi connectivity index (χ3v) is 3.66. The van der Waals surface area contributed by atoms with Crippen LogP contribution in [0.4, 0.5) is 5.13 Å². The largest absolute Gasteiger partial charge is 0.347 e. The summed E-state index contributed by atoms with van der Waals surface area (Å²) in [6, 6.07) is 0. The molecule has 0 aliphatic carbocycles. The molecule has 0 saturated carbocycles. The van der Waals surface area contributed by atoms with Gasteiger partial charge in [-0.3, -0.25) is 0 Å². The van der Waals surface area contributed by atoms with E-state index in [2.05, 4.69) is 51.7 Å². The normalized spacial score (nSPS) is 11.0. The van der Waals surface area contributed by atoms with Crippen LogP contribution < -0.4 is 4.90 Å². The molecule has 1 aromatic rings. The van der Waals surface area contributed by atoms with E-state index >= 15 is 0 Å². The molecule has 0 radical (unpaired) electrons. The van der Waals surface area contributed by atoms with Crippen molar-refractivity contribution in [3.8, 4) is 0 Å².